The minimum absolute atomic E-state index is 0.313. The van der Waals surface area contributed by atoms with Crippen molar-refractivity contribution in [1.29, 1.82) is 0 Å². The van der Waals surface area contributed by atoms with E-state index in [-0.39, 0.29) is 0 Å². The predicted octanol–water partition coefficient (Wildman–Crippen LogP) is 1.64. The molecule has 18 heavy (non-hydrogen) atoms. The monoisotopic (exact) mass is 270 g/mol. The van der Waals surface area contributed by atoms with Gasteiger partial charge in [0, 0.05) is 24.7 Å². The van der Waals surface area contributed by atoms with Crippen LogP contribution in [0.1, 0.15) is 12.8 Å². The fourth-order valence-electron chi connectivity index (χ4n) is 2.28. The second-order valence-corrected chi connectivity index (χ2v) is 5.17. The Hall–Kier alpha value is -0.970. The second kappa shape index (κ2) is 5.34. The van der Waals surface area contributed by atoms with Crippen molar-refractivity contribution in [2.24, 2.45) is 5.73 Å². The molecule has 2 rings (SSSR count). The molecule has 1 fully saturated rings. The topological polar surface area (TPSA) is 58.7 Å². The van der Waals surface area contributed by atoms with Gasteiger partial charge < -0.3 is 20.5 Å². The van der Waals surface area contributed by atoms with Crippen LogP contribution in [0.25, 0.3) is 0 Å². The minimum Gasteiger partial charge on any atom is -0.495 e. The number of benzene rings is 1. The molecule has 0 bridgehead atoms. The fourth-order valence-corrected chi connectivity index (χ4v) is 2.44. The normalized spacial score (nSPS) is 18.8. The van der Waals surface area contributed by atoms with Gasteiger partial charge in [0.25, 0.3) is 0 Å². The highest BCUT2D eigenvalue weighted by Gasteiger charge is 2.31. The number of nitrogens with zero attached hydrogens (tertiary/aromatic N) is 1. The molecule has 0 atom stereocenters. The van der Waals surface area contributed by atoms with Crippen molar-refractivity contribution in [2.75, 3.05) is 31.6 Å². The average molecular weight is 271 g/mol. The van der Waals surface area contributed by atoms with Gasteiger partial charge in [0.1, 0.15) is 5.75 Å². The highest BCUT2D eigenvalue weighted by atomic mass is 35.5. The first-order chi connectivity index (χ1) is 8.58. The molecule has 3 N–H and O–H groups in total. The first-order valence-corrected chi connectivity index (χ1v) is 6.47. The first-order valence-electron chi connectivity index (χ1n) is 6.09. The van der Waals surface area contributed by atoms with Crippen LogP contribution in [0, 0.1) is 0 Å². The molecule has 5 heteroatoms. The quantitative estimate of drug-likeness (QED) is 0.877. The van der Waals surface area contributed by atoms with E-state index in [0.717, 1.165) is 24.5 Å². The molecule has 0 radical (unpaired) electrons. The Kier molecular flexibility index (Phi) is 4.00. The summed E-state index contributed by atoms with van der Waals surface area (Å²) in [6, 6.07) is 5.57. The van der Waals surface area contributed by atoms with Gasteiger partial charge in [0.05, 0.1) is 18.4 Å². The van der Waals surface area contributed by atoms with E-state index >= 15 is 0 Å². The third-order valence-corrected chi connectivity index (χ3v) is 3.79. The summed E-state index contributed by atoms with van der Waals surface area (Å²) in [5.41, 5.74) is 5.84. The lowest BCUT2D eigenvalue weighted by Crippen LogP contribution is -2.48. The molecule has 1 saturated heterocycles. The summed E-state index contributed by atoms with van der Waals surface area (Å²) in [6.07, 6.45) is 1.33. The lowest BCUT2D eigenvalue weighted by atomic mass is 9.91. The van der Waals surface area contributed by atoms with Crippen molar-refractivity contribution in [3.05, 3.63) is 23.2 Å². The van der Waals surface area contributed by atoms with Gasteiger partial charge in [-0.05, 0) is 31.0 Å². The Morgan fingerprint density at radius 2 is 2.11 bits per heavy atom. The molecular weight excluding hydrogens is 252 g/mol. The molecule has 0 unspecified atom stereocenters. The zero-order valence-electron chi connectivity index (χ0n) is 10.5. The molecule has 4 nitrogen and oxygen atoms in total. The maximum atomic E-state index is 10.1. The van der Waals surface area contributed by atoms with Crippen LogP contribution < -0.4 is 15.4 Å². The summed E-state index contributed by atoms with van der Waals surface area (Å²) in [7, 11) is 1.65. The van der Waals surface area contributed by atoms with Crippen LogP contribution in [0.15, 0.2) is 18.2 Å². The van der Waals surface area contributed by atoms with E-state index < -0.39 is 5.60 Å². The first kappa shape index (κ1) is 13.5. The molecular formula is C13H19ClN2O2. The van der Waals surface area contributed by atoms with Gasteiger partial charge in [0.2, 0.25) is 0 Å². The average Bonchev–Trinajstić information content (AvgIpc) is 2.39. The van der Waals surface area contributed by atoms with Gasteiger partial charge in [-0.25, -0.2) is 0 Å². The third kappa shape index (κ3) is 2.71. The van der Waals surface area contributed by atoms with E-state index in [1.54, 1.807) is 7.11 Å². The minimum atomic E-state index is -0.720. The zero-order valence-corrected chi connectivity index (χ0v) is 11.3. The van der Waals surface area contributed by atoms with Gasteiger partial charge in [0.15, 0.2) is 0 Å². The largest absolute Gasteiger partial charge is 0.495 e. The number of rotatable bonds is 3. The van der Waals surface area contributed by atoms with Gasteiger partial charge in [-0.15, -0.1) is 0 Å². The predicted molar refractivity (Wildman–Crippen MR) is 73.5 cm³/mol. The smallest absolute Gasteiger partial charge is 0.142 e. The number of nitrogens with two attached hydrogens (primary N) is 1. The highest BCUT2D eigenvalue weighted by molar-refractivity contribution is 6.30. The number of halogens is 1. The lowest BCUT2D eigenvalue weighted by molar-refractivity contribution is 0.0249. The van der Waals surface area contributed by atoms with Crippen LogP contribution in [0.5, 0.6) is 5.75 Å². The van der Waals surface area contributed by atoms with Crippen molar-refractivity contribution >= 4 is 17.3 Å². The van der Waals surface area contributed by atoms with E-state index in [2.05, 4.69) is 4.90 Å². The fraction of sp³-hybridized carbons (Fsp3) is 0.538. The van der Waals surface area contributed by atoms with Crippen LogP contribution in [-0.2, 0) is 0 Å². The Bertz CT molecular complexity index is 417. The van der Waals surface area contributed by atoms with E-state index in [0.29, 0.717) is 24.4 Å². The zero-order chi connectivity index (χ0) is 13.2. The van der Waals surface area contributed by atoms with Gasteiger partial charge in [-0.3, -0.25) is 0 Å². The number of hydrogen-bond acceptors (Lipinski definition) is 4. The highest BCUT2D eigenvalue weighted by Crippen LogP contribution is 2.34. The number of piperidine rings is 1. The van der Waals surface area contributed by atoms with E-state index in [9.17, 15) is 5.11 Å². The Balaban J connectivity index is 2.16. The maximum absolute atomic E-state index is 10.1. The van der Waals surface area contributed by atoms with Gasteiger partial charge in [-0.2, -0.15) is 0 Å². The second-order valence-electron chi connectivity index (χ2n) is 4.73. The Labute approximate surface area is 112 Å². The molecule has 0 aliphatic carbocycles. The van der Waals surface area contributed by atoms with E-state index in [4.69, 9.17) is 22.1 Å². The maximum Gasteiger partial charge on any atom is 0.142 e. The summed E-state index contributed by atoms with van der Waals surface area (Å²) < 4.78 is 5.34. The number of methoxy groups -OCH3 is 1. The van der Waals surface area contributed by atoms with Crippen LogP contribution >= 0.6 is 11.6 Å². The lowest BCUT2D eigenvalue weighted by Gasteiger charge is -2.39. The van der Waals surface area contributed by atoms with Crippen molar-refractivity contribution in [3.8, 4) is 5.75 Å². The van der Waals surface area contributed by atoms with Crippen molar-refractivity contribution in [2.45, 2.75) is 18.4 Å². The molecule has 100 valence electrons. The summed E-state index contributed by atoms with van der Waals surface area (Å²) in [5.74, 6) is 0.803. The molecule has 1 aliphatic rings. The molecule has 0 amide bonds. The number of aliphatic hydroxyl groups is 1. The standard InChI is InChI=1S/C13H19ClN2O2/c1-18-12-3-2-10(14)8-11(12)16-6-4-13(17,9-15)5-7-16/h2-3,8,17H,4-7,9,15H2,1H3. The summed E-state index contributed by atoms with van der Waals surface area (Å²) in [4.78, 5) is 2.18. The molecule has 1 aromatic rings. The van der Waals surface area contributed by atoms with Crippen LogP contribution in [0.2, 0.25) is 5.02 Å². The Morgan fingerprint density at radius 3 is 2.67 bits per heavy atom. The van der Waals surface area contributed by atoms with E-state index in [1.165, 1.54) is 0 Å². The Morgan fingerprint density at radius 1 is 1.44 bits per heavy atom. The number of hydrogen-bond donors (Lipinski definition) is 2. The molecule has 0 aromatic heterocycles. The molecule has 1 aromatic carbocycles. The van der Waals surface area contributed by atoms with Crippen molar-refractivity contribution in [1.82, 2.24) is 0 Å². The number of anilines is 1. The van der Waals surface area contributed by atoms with Gasteiger partial charge in [-0.1, -0.05) is 11.6 Å². The number of ether oxygens (including phenoxy) is 1. The van der Waals surface area contributed by atoms with Crippen LogP contribution in [0.4, 0.5) is 5.69 Å². The van der Waals surface area contributed by atoms with Gasteiger partial charge >= 0.3 is 0 Å². The molecule has 1 heterocycles. The van der Waals surface area contributed by atoms with Crippen molar-refractivity contribution < 1.29 is 9.84 Å². The third-order valence-electron chi connectivity index (χ3n) is 3.56. The summed E-state index contributed by atoms with van der Waals surface area (Å²) in [6.45, 7) is 1.82. The van der Waals surface area contributed by atoms with Crippen LogP contribution in [0.3, 0.4) is 0 Å². The molecule has 1 aliphatic heterocycles. The molecule has 0 saturated carbocycles. The summed E-state index contributed by atoms with van der Waals surface area (Å²) >= 11 is 6.02. The molecule has 0 spiro atoms. The van der Waals surface area contributed by atoms with E-state index in [1.807, 2.05) is 18.2 Å². The van der Waals surface area contributed by atoms with Crippen molar-refractivity contribution in [3.63, 3.8) is 0 Å². The SMILES string of the molecule is COc1ccc(Cl)cc1N1CCC(O)(CN)CC1. The van der Waals surface area contributed by atoms with Crippen LogP contribution in [-0.4, -0.2) is 37.5 Å². The summed E-state index contributed by atoms with van der Waals surface area (Å²) in [5, 5.41) is 10.8.